The Kier molecular flexibility index (Phi) is 2.61. The number of hydrogen-bond donors (Lipinski definition) is 0. The molecule has 0 saturated heterocycles. The van der Waals surface area contributed by atoms with E-state index in [9.17, 15) is 4.79 Å². The zero-order valence-corrected chi connectivity index (χ0v) is 6.37. The Bertz CT molecular complexity index is 259. The monoisotopic (exact) mass is 145 g/mol. The van der Waals surface area contributed by atoms with E-state index in [-0.39, 0.29) is 5.78 Å². The lowest BCUT2D eigenvalue weighted by atomic mass is 10.1. The molecule has 0 heterocycles. The van der Waals surface area contributed by atoms with Crippen molar-refractivity contribution < 1.29 is 4.79 Å². The minimum Gasteiger partial charge on any atom is -0.289 e. The molecule has 1 rings (SSSR count). The Morgan fingerprint density at radius 3 is 2.55 bits per heavy atom. The van der Waals surface area contributed by atoms with Crippen LogP contribution in [0.15, 0.2) is 36.4 Å². The van der Waals surface area contributed by atoms with E-state index >= 15 is 0 Å². The normalized spacial score (nSPS) is 10.3. The molecule has 0 atom stereocenters. The number of hydrogen-bond acceptors (Lipinski definition) is 1. The van der Waals surface area contributed by atoms with Crippen molar-refractivity contribution in [3.05, 3.63) is 48.0 Å². The second-order valence-corrected chi connectivity index (χ2v) is 2.16. The Morgan fingerprint density at radius 1 is 1.36 bits per heavy atom. The van der Waals surface area contributed by atoms with Crippen LogP contribution in [0.3, 0.4) is 0 Å². The lowest BCUT2D eigenvalue weighted by Gasteiger charge is -1.91. The molecule has 0 bridgehead atoms. The summed E-state index contributed by atoms with van der Waals surface area (Å²) in [5.74, 6) is 0.00750. The molecule has 0 N–H and O–H groups in total. The zero-order valence-electron chi connectivity index (χ0n) is 6.37. The molecule has 0 aliphatic heterocycles. The molecule has 0 aromatic heterocycles. The number of allylic oxidation sites excluding steroid dienone is 2. The van der Waals surface area contributed by atoms with Crippen molar-refractivity contribution >= 4 is 5.78 Å². The van der Waals surface area contributed by atoms with Gasteiger partial charge in [-0.15, -0.1) is 0 Å². The highest BCUT2D eigenvalue weighted by Crippen LogP contribution is 1.99. The predicted octanol–water partition coefficient (Wildman–Crippen LogP) is 2.25. The molecule has 0 unspecified atom stereocenters. The summed E-state index contributed by atoms with van der Waals surface area (Å²) in [6.07, 6.45) is 4.13. The van der Waals surface area contributed by atoms with Crippen molar-refractivity contribution in [1.29, 1.82) is 0 Å². The molecule has 0 saturated carbocycles. The highest BCUT2D eigenvalue weighted by molar-refractivity contribution is 6.04. The summed E-state index contributed by atoms with van der Waals surface area (Å²) < 4.78 is 0. The van der Waals surface area contributed by atoms with Crippen LogP contribution in [0.25, 0.3) is 0 Å². The van der Waals surface area contributed by atoms with Crippen molar-refractivity contribution in [3.63, 3.8) is 0 Å². The first-order valence-corrected chi connectivity index (χ1v) is 3.44. The van der Waals surface area contributed by atoms with Crippen molar-refractivity contribution in [1.82, 2.24) is 0 Å². The van der Waals surface area contributed by atoms with Gasteiger partial charge in [-0.25, -0.2) is 0 Å². The van der Waals surface area contributed by atoms with E-state index in [1.807, 2.05) is 18.2 Å². The largest absolute Gasteiger partial charge is 0.289 e. The van der Waals surface area contributed by atoms with Crippen LogP contribution in [0.4, 0.5) is 0 Å². The summed E-state index contributed by atoms with van der Waals surface area (Å²) in [6, 6.07) is 9.15. The molecule has 1 nitrogen and oxygen atoms in total. The maximum atomic E-state index is 11.1. The van der Waals surface area contributed by atoms with Crippen molar-refractivity contribution in [2.45, 2.75) is 6.92 Å². The van der Waals surface area contributed by atoms with Gasteiger partial charge in [0.1, 0.15) is 0 Å². The molecule has 0 aliphatic carbocycles. The quantitative estimate of drug-likeness (QED) is 0.460. The second-order valence-electron chi connectivity index (χ2n) is 2.16. The first-order chi connectivity index (χ1) is 5.34. The first kappa shape index (κ1) is 7.73. The van der Waals surface area contributed by atoms with Gasteiger partial charge in [0, 0.05) is 5.56 Å². The van der Waals surface area contributed by atoms with Gasteiger partial charge in [-0.2, -0.15) is 0 Å². The van der Waals surface area contributed by atoms with E-state index in [1.165, 1.54) is 6.08 Å². The minimum absolute atomic E-state index is 0.00750. The standard InChI is InChI=1S/C10H9O/c1-2-6-10(11)9-7-4-3-5-8-9/h3-8H,1H3. The molecule has 1 aromatic carbocycles. The lowest BCUT2D eigenvalue weighted by molar-refractivity contribution is 0.104. The summed E-state index contributed by atoms with van der Waals surface area (Å²) in [6.45, 7) is 1.71. The fourth-order valence-electron chi connectivity index (χ4n) is 0.817. The SMILES string of the molecule is C/[C]=C/C(=O)c1ccccc1. The van der Waals surface area contributed by atoms with E-state index in [2.05, 4.69) is 6.08 Å². The Labute approximate surface area is 66.4 Å². The van der Waals surface area contributed by atoms with Crippen LogP contribution in [-0.4, -0.2) is 5.78 Å². The van der Waals surface area contributed by atoms with Crippen LogP contribution >= 0.6 is 0 Å². The van der Waals surface area contributed by atoms with Crippen LogP contribution in [0.2, 0.25) is 0 Å². The predicted molar refractivity (Wildman–Crippen MR) is 44.3 cm³/mol. The molecule has 1 aromatic rings. The summed E-state index contributed by atoms with van der Waals surface area (Å²) >= 11 is 0. The molecule has 0 amide bonds. The van der Waals surface area contributed by atoms with Gasteiger partial charge in [0.05, 0.1) is 0 Å². The van der Waals surface area contributed by atoms with E-state index < -0.39 is 0 Å². The van der Waals surface area contributed by atoms with Gasteiger partial charge in [0.2, 0.25) is 0 Å². The number of carbonyl (C=O) groups is 1. The number of benzene rings is 1. The zero-order chi connectivity index (χ0) is 8.10. The number of ketones is 1. The van der Waals surface area contributed by atoms with Gasteiger partial charge in [-0.1, -0.05) is 30.3 Å². The molecule has 1 radical (unpaired) electrons. The molecule has 11 heavy (non-hydrogen) atoms. The van der Waals surface area contributed by atoms with Gasteiger partial charge < -0.3 is 0 Å². The molecule has 0 spiro atoms. The molecule has 1 heteroatoms. The van der Waals surface area contributed by atoms with E-state index in [0.717, 1.165) is 0 Å². The highest BCUT2D eigenvalue weighted by Gasteiger charge is 1.97. The smallest absolute Gasteiger partial charge is 0.186 e. The molecular weight excluding hydrogens is 136 g/mol. The van der Waals surface area contributed by atoms with Gasteiger partial charge >= 0.3 is 0 Å². The third-order valence-corrected chi connectivity index (χ3v) is 1.33. The Morgan fingerprint density at radius 2 is 2.00 bits per heavy atom. The van der Waals surface area contributed by atoms with E-state index in [0.29, 0.717) is 5.56 Å². The molecule has 55 valence electrons. The van der Waals surface area contributed by atoms with Crippen molar-refractivity contribution in [2.75, 3.05) is 0 Å². The Balaban J connectivity index is 2.86. The maximum Gasteiger partial charge on any atom is 0.186 e. The van der Waals surface area contributed by atoms with Crippen LogP contribution in [0.5, 0.6) is 0 Å². The summed E-state index contributed by atoms with van der Waals surface area (Å²) in [5.41, 5.74) is 0.710. The molecule has 0 fully saturated rings. The summed E-state index contributed by atoms with van der Waals surface area (Å²) in [7, 11) is 0. The van der Waals surface area contributed by atoms with Gasteiger partial charge in [0.25, 0.3) is 0 Å². The average molecular weight is 145 g/mol. The maximum absolute atomic E-state index is 11.1. The Hall–Kier alpha value is -1.37. The van der Waals surface area contributed by atoms with Gasteiger partial charge in [-0.05, 0) is 19.1 Å². The van der Waals surface area contributed by atoms with Crippen LogP contribution in [0.1, 0.15) is 17.3 Å². The van der Waals surface area contributed by atoms with Gasteiger partial charge in [0.15, 0.2) is 5.78 Å². The fourth-order valence-corrected chi connectivity index (χ4v) is 0.817. The molecular formula is C10H9O. The second kappa shape index (κ2) is 3.71. The number of carbonyl (C=O) groups excluding carboxylic acids is 1. The summed E-state index contributed by atoms with van der Waals surface area (Å²) in [4.78, 5) is 11.1. The third kappa shape index (κ3) is 2.04. The fraction of sp³-hybridized carbons (Fsp3) is 0.100. The highest BCUT2D eigenvalue weighted by atomic mass is 16.1. The average Bonchev–Trinajstić information content (AvgIpc) is 2.07. The van der Waals surface area contributed by atoms with Crippen LogP contribution in [0, 0.1) is 6.08 Å². The first-order valence-electron chi connectivity index (χ1n) is 3.44. The minimum atomic E-state index is 0.00750. The van der Waals surface area contributed by atoms with Crippen LogP contribution in [-0.2, 0) is 0 Å². The number of rotatable bonds is 2. The van der Waals surface area contributed by atoms with E-state index in [1.54, 1.807) is 19.1 Å². The molecule has 0 aliphatic rings. The lowest BCUT2D eigenvalue weighted by Crippen LogP contribution is -1.92. The third-order valence-electron chi connectivity index (χ3n) is 1.33. The van der Waals surface area contributed by atoms with Gasteiger partial charge in [-0.3, -0.25) is 4.79 Å². The topological polar surface area (TPSA) is 17.1 Å². The van der Waals surface area contributed by atoms with E-state index in [4.69, 9.17) is 0 Å². The van der Waals surface area contributed by atoms with Crippen LogP contribution < -0.4 is 0 Å². The van der Waals surface area contributed by atoms with Crippen molar-refractivity contribution in [3.8, 4) is 0 Å². The summed E-state index contributed by atoms with van der Waals surface area (Å²) in [5, 5.41) is 0. The van der Waals surface area contributed by atoms with Crippen molar-refractivity contribution in [2.24, 2.45) is 0 Å².